The maximum Gasteiger partial charge on any atom is 0.193 e. The summed E-state index contributed by atoms with van der Waals surface area (Å²) in [5, 5.41) is 3.09. The van der Waals surface area contributed by atoms with Gasteiger partial charge >= 0.3 is 0 Å². The minimum Gasteiger partial charge on any atom is -0.490 e. The minimum absolute atomic E-state index is 0. The molecular weight excluding hydrogens is 409 g/mol. The van der Waals surface area contributed by atoms with Gasteiger partial charge in [-0.1, -0.05) is 0 Å². The summed E-state index contributed by atoms with van der Waals surface area (Å²) in [5.74, 6) is 1.91. The molecule has 3 N–H and O–H groups in total. The molecule has 1 aromatic carbocycles. The Labute approximate surface area is 153 Å². The Morgan fingerprint density at radius 3 is 2.74 bits per heavy atom. The number of guanidine groups is 1. The topological polar surface area (TPSA) is 78.1 Å². The summed E-state index contributed by atoms with van der Waals surface area (Å²) in [6, 6.07) is 5.69. The van der Waals surface area contributed by atoms with Gasteiger partial charge in [0.15, 0.2) is 17.5 Å². The van der Waals surface area contributed by atoms with E-state index >= 15 is 0 Å². The first-order valence-electron chi connectivity index (χ1n) is 7.89. The monoisotopic (exact) mass is 433 g/mol. The van der Waals surface area contributed by atoms with Gasteiger partial charge in [0.05, 0.1) is 25.9 Å². The number of nitrogens with zero attached hydrogens (tertiary/aromatic N) is 1. The number of benzene rings is 1. The molecule has 0 aromatic heterocycles. The summed E-state index contributed by atoms with van der Waals surface area (Å²) < 4.78 is 16.9. The van der Waals surface area contributed by atoms with Crippen LogP contribution < -0.4 is 20.5 Å². The lowest BCUT2D eigenvalue weighted by Gasteiger charge is -2.20. The zero-order chi connectivity index (χ0) is 15.2. The summed E-state index contributed by atoms with van der Waals surface area (Å²) >= 11 is 0. The molecule has 23 heavy (non-hydrogen) atoms. The van der Waals surface area contributed by atoms with Crippen molar-refractivity contribution in [2.45, 2.75) is 31.8 Å². The van der Waals surface area contributed by atoms with Crippen LogP contribution in [0.1, 0.15) is 25.7 Å². The van der Waals surface area contributed by atoms with Crippen LogP contribution in [-0.4, -0.2) is 38.4 Å². The van der Waals surface area contributed by atoms with Crippen LogP contribution in [0.3, 0.4) is 0 Å². The largest absolute Gasteiger partial charge is 0.490 e. The molecule has 0 bridgehead atoms. The van der Waals surface area contributed by atoms with Crippen molar-refractivity contribution in [3.63, 3.8) is 0 Å². The Balaban J connectivity index is 0.00000192. The van der Waals surface area contributed by atoms with Crippen molar-refractivity contribution in [1.29, 1.82) is 0 Å². The second-order valence-electron chi connectivity index (χ2n) is 5.55. The second-order valence-corrected chi connectivity index (χ2v) is 5.55. The molecule has 2 aliphatic rings. The SMILES string of the molecule is I.NC(=NCC1CCCCO1)Nc1ccc2c(c1)OCCCO2. The van der Waals surface area contributed by atoms with Crippen LogP contribution >= 0.6 is 24.0 Å². The number of fused-ring (bicyclic) bond motifs is 1. The summed E-state index contributed by atoms with van der Waals surface area (Å²) in [4.78, 5) is 4.36. The number of ether oxygens (including phenoxy) is 3. The first-order chi connectivity index (χ1) is 10.8. The Morgan fingerprint density at radius 2 is 1.96 bits per heavy atom. The smallest absolute Gasteiger partial charge is 0.193 e. The summed E-state index contributed by atoms with van der Waals surface area (Å²) in [6.07, 6.45) is 4.49. The molecule has 2 heterocycles. The fourth-order valence-corrected chi connectivity index (χ4v) is 2.58. The van der Waals surface area contributed by atoms with Crippen molar-refractivity contribution in [2.24, 2.45) is 10.7 Å². The molecular formula is C16H24IN3O3. The normalized spacial score (nSPS) is 21.0. The number of aliphatic imine (C=N–C) groups is 1. The summed E-state index contributed by atoms with van der Waals surface area (Å²) in [7, 11) is 0. The molecule has 2 aliphatic heterocycles. The highest BCUT2D eigenvalue weighted by Crippen LogP contribution is 2.32. The van der Waals surface area contributed by atoms with Crippen LogP contribution in [0.15, 0.2) is 23.2 Å². The highest BCUT2D eigenvalue weighted by molar-refractivity contribution is 14.0. The predicted molar refractivity (Wildman–Crippen MR) is 101 cm³/mol. The number of hydrogen-bond acceptors (Lipinski definition) is 4. The Morgan fingerprint density at radius 1 is 1.13 bits per heavy atom. The average molecular weight is 433 g/mol. The van der Waals surface area contributed by atoms with Gasteiger partial charge in [0.25, 0.3) is 0 Å². The van der Waals surface area contributed by atoms with Crippen LogP contribution in [0.4, 0.5) is 5.69 Å². The maximum atomic E-state index is 5.94. The minimum atomic E-state index is 0. The van der Waals surface area contributed by atoms with E-state index in [9.17, 15) is 0 Å². The van der Waals surface area contributed by atoms with E-state index in [4.69, 9.17) is 19.9 Å². The van der Waals surface area contributed by atoms with Crippen molar-refractivity contribution in [2.75, 3.05) is 31.7 Å². The van der Waals surface area contributed by atoms with E-state index in [2.05, 4.69) is 10.3 Å². The number of halogens is 1. The highest BCUT2D eigenvalue weighted by atomic mass is 127. The maximum absolute atomic E-state index is 5.94. The van der Waals surface area contributed by atoms with Crippen molar-refractivity contribution >= 4 is 35.6 Å². The number of nitrogens with two attached hydrogens (primary N) is 1. The molecule has 1 saturated heterocycles. The van der Waals surface area contributed by atoms with Crippen molar-refractivity contribution in [1.82, 2.24) is 0 Å². The zero-order valence-electron chi connectivity index (χ0n) is 13.1. The Kier molecular flexibility index (Phi) is 7.22. The van der Waals surface area contributed by atoms with Gasteiger partial charge < -0.3 is 25.3 Å². The third-order valence-electron chi connectivity index (χ3n) is 3.76. The molecule has 0 amide bonds. The molecule has 128 valence electrons. The van der Waals surface area contributed by atoms with Gasteiger partial charge in [0.2, 0.25) is 0 Å². The van der Waals surface area contributed by atoms with Crippen molar-refractivity contribution in [3.8, 4) is 11.5 Å². The van der Waals surface area contributed by atoms with E-state index < -0.39 is 0 Å². The van der Waals surface area contributed by atoms with E-state index in [1.807, 2.05) is 18.2 Å². The lowest BCUT2D eigenvalue weighted by atomic mass is 10.1. The van der Waals surface area contributed by atoms with Gasteiger partial charge in [-0.25, -0.2) is 0 Å². The molecule has 0 aliphatic carbocycles. The molecule has 7 heteroatoms. The highest BCUT2D eigenvalue weighted by Gasteiger charge is 2.13. The molecule has 6 nitrogen and oxygen atoms in total. The number of nitrogens with one attached hydrogen (secondary N) is 1. The van der Waals surface area contributed by atoms with Crippen LogP contribution in [0.2, 0.25) is 0 Å². The van der Waals surface area contributed by atoms with Crippen LogP contribution in [0, 0.1) is 0 Å². The lowest BCUT2D eigenvalue weighted by molar-refractivity contribution is 0.0225. The summed E-state index contributed by atoms with van der Waals surface area (Å²) in [5.41, 5.74) is 6.78. The standard InChI is InChI=1S/C16H23N3O3.HI/c17-16(18-11-13-4-1-2-7-20-13)19-12-5-6-14-15(10-12)22-9-3-8-21-14;/h5-6,10,13H,1-4,7-9,11H2,(H3,17,18,19);1H. The molecule has 0 spiro atoms. The van der Waals surface area contributed by atoms with Gasteiger partial charge in [-0.2, -0.15) is 0 Å². The lowest BCUT2D eigenvalue weighted by Crippen LogP contribution is -2.27. The number of hydrogen-bond donors (Lipinski definition) is 2. The molecule has 3 rings (SSSR count). The van der Waals surface area contributed by atoms with E-state index in [-0.39, 0.29) is 30.1 Å². The summed E-state index contributed by atoms with van der Waals surface area (Å²) in [6.45, 7) is 2.78. The first kappa shape index (κ1) is 18.1. The second kappa shape index (κ2) is 9.17. The molecule has 1 unspecified atom stereocenters. The molecule has 1 aromatic rings. The van der Waals surface area contributed by atoms with Crippen LogP contribution in [-0.2, 0) is 4.74 Å². The van der Waals surface area contributed by atoms with Crippen LogP contribution in [0.25, 0.3) is 0 Å². The quantitative estimate of drug-likeness (QED) is 0.436. The van der Waals surface area contributed by atoms with E-state index in [1.165, 1.54) is 6.42 Å². The van der Waals surface area contributed by atoms with E-state index in [1.54, 1.807) is 0 Å². The Bertz CT molecular complexity index is 533. The molecule has 1 atom stereocenters. The van der Waals surface area contributed by atoms with Gasteiger partial charge in [0, 0.05) is 24.8 Å². The average Bonchev–Trinajstić information content (AvgIpc) is 2.79. The van der Waals surface area contributed by atoms with Gasteiger partial charge in [-0.05, 0) is 31.4 Å². The fraction of sp³-hybridized carbons (Fsp3) is 0.562. The van der Waals surface area contributed by atoms with Crippen LogP contribution in [0.5, 0.6) is 11.5 Å². The molecule has 1 fully saturated rings. The first-order valence-corrected chi connectivity index (χ1v) is 7.89. The third-order valence-corrected chi connectivity index (χ3v) is 3.76. The van der Waals surface area contributed by atoms with E-state index in [0.717, 1.165) is 43.1 Å². The van der Waals surface area contributed by atoms with Gasteiger partial charge in [0.1, 0.15) is 0 Å². The number of rotatable bonds is 3. The molecule has 0 radical (unpaired) electrons. The van der Waals surface area contributed by atoms with Gasteiger partial charge in [-0.3, -0.25) is 4.99 Å². The van der Waals surface area contributed by atoms with Crippen molar-refractivity contribution in [3.05, 3.63) is 18.2 Å². The zero-order valence-corrected chi connectivity index (χ0v) is 15.5. The van der Waals surface area contributed by atoms with Gasteiger partial charge in [-0.15, -0.1) is 24.0 Å². The Hall–Kier alpha value is -1.22. The van der Waals surface area contributed by atoms with Crippen molar-refractivity contribution < 1.29 is 14.2 Å². The number of anilines is 1. The fourth-order valence-electron chi connectivity index (χ4n) is 2.58. The third kappa shape index (κ3) is 5.42. The molecule has 0 saturated carbocycles. The predicted octanol–water partition coefficient (Wildman–Crippen LogP) is 2.76. The van der Waals surface area contributed by atoms with E-state index in [0.29, 0.717) is 25.7 Å².